The molecule has 0 bridgehead atoms. The molecule has 2 rings (SSSR count). The van der Waals surface area contributed by atoms with Crippen molar-refractivity contribution in [2.24, 2.45) is 0 Å². The van der Waals surface area contributed by atoms with Crippen LogP contribution in [0.4, 0.5) is 0 Å². The normalized spacial score (nSPS) is 11.6. The molecule has 0 amide bonds. The van der Waals surface area contributed by atoms with E-state index in [2.05, 4.69) is 19.9 Å². The van der Waals surface area contributed by atoms with E-state index < -0.39 is 10.1 Å². The van der Waals surface area contributed by atoms with Crippen LogP contribution >= 0.6 is 0 Å². The first-order valence-electron chi connectivity index (χ1n) is 13.0. The molecular formula is C28H43NaO3S. The molecule has 0 saturated carbocycles. The molecule has 0 spiro atoms. The predicted molar refractivity (Wildman–Crippen MR) is 135 cm³/mol. The third-order valence-electron chi connectivity index (χ3n) is 6.47. The van der Waals surface area contributed by atoms with Crippen LogP contribution in [0.2, 0.25) is 0 Å². The van der Waals surface area contributed by atoms with Gasteiger partial charge in [-0.2, -0.15) is 0 Å². The van der Waals surface area contributed by atoms with Crippen LogP contribution in [0.5, 0.6) is 0 Å². The molecule has 0 radical (unpaired) electrons. The van der Waals surface area contributed by atoms with E-state index in [-0.39, 0.29) is 34.5 Å². The van der Waals surface area contributed by atoms with Gasteiger partial charge in [-0.05, 0) is 48.3 Å². The zero-order chi connectivity index (χ0) is 23.2. The van der Waals surface area contributed by atoms with Gasteiger partial charge < -0.3 is 4.55 Å². The Morgan fingerprint density at radius 2 is 1.21 bits per heavy atom. The Hall–Kier alpha value is -0.390. The van der Waals surface area contributed by atoms with Gasteiger partial charge in [-0.25, -0.2) is 8.42 Å². The van der Waals surface area contributed by atoms with E-state index in [0.717, 1.165) is 55.0 Å². The van der Waals surface area contributed by atoms with Crippen molar-refractivity contribution in [1.82, 2.24) is 0 Å². The standard InChI is InChI=1S/C28H44O3S.Na/c1-3-5-7-9-11-13-15-18-24-22-26-21-17-20-25(19-16-14-12-10-8-6-4-2)28(26)27(23-24)32(29,30)31;/h17,20-23H,3-16,18-19H2,1-2H3,(H,29,30,31);/q;+1/p-1. The van der Waals surface area contributed by atoms with Crippen LogP contribution in [0.1, 0.15) is 115 Å². The Balaban J connectivity index is 0.00000544. The summed E-state index contributed by atoms with van der Waals surface area (Å²) in [5.41, 5.74) is 1.96. The molecule has 33 heavy (non-hydrogen) atoms. The minimum Gasteiger partial charge on any atom is -0.744 e. The fourth-order valence-electron chi connectivity index (χ4n) is 4.63. The summed E-state index contributed by atoms with van der Waals surface area (Å²) in [6.45, 7) is 4.45. The van der Waals surface area contributed by atoms with Crippen LogP contribution in [0.15, 0.2) is 35.2 Å². The maximum absolute atomic E-state index is 12.1. The second kappa shape index (κ2) is 17.1. The second-order valence-electron chi connectivity index (χ2n) is 9.31. The first kappa shape index (κ1) is 30.6. The molecule has 0 N–H and O–H groups in total. The fourth-order valence-corrected chi connectivity index (χ4v) is 5.43. The van der Waals surface area contributed by atoms with Crippen molar-refractivity contribution in [3.05, 3.63) is 41.5 Å². The van der Waals surface area contributed by atoms with Crippen molar-refractivity contribution in [1.29, 1.82) is 0 Å². The summed E-state index contributed by atoms with van der Waals surface area (Å²) < 4.78 is 36.4. The first-order chi connectivity index (χ1) is 15.5. The number of hydrogen-bond acceptors (Lipinski definition) is 3. The average Bonchev–Trinajstić information content (AvgIpc) is 2.76. The van der Waals surface area contributed by atoms with Gasteiger partial charge in [-0.1, -0.05) is 115 Å². The molecule has 0 aliphatic carbocycles. The summed E-state index contributed by atoms with van der Waals surface area (Å²) >= 11 is 0. The molecular weight excluding hydrogens is 439 g/mol. The minimum absolute atomic E-state index is 0. The zero-order valence-electron chi connectivity index (χ0n) is 21.3. The molecule has 0 heterocycles. The van der Waals surface area contributed by atoms with Gasteiger partial charge in [0, 0.05) is 5.39 Å². The van der Waals surface area contributed by atoms with Crippen molar-refractivity contribution < 1.29 is 42.5 Å². The van der Waals surface area contributed by atoms with Crippen LogP contribution in [-0.4, -0.2) is 13.0 Å². The summed E-state index contributed by atoms with van der Waals surface area (Å²) in [6.07, 6.45) is 18.7. The molecule has 5 heteroatoms. The fraction of sp³-hybridized carbons (Fsp3) is 0.643. The van der Waals surface area contributed by atoms with Gasteiger partial charge in [0.15, 0.2) is 0 Å². The van der Waals surface area contributed by atoms with E-state index in [1.165, 1.54) is 64.2 Å². The maximum atomic E-state index is 12.1. The first-order valence-corrected chi connectivity index (χ1v) is 14.4. The number of hydrogen-bond donors (Lipinski definition) is 0. The topological polar surface area (TPSA) is 57.2 Å². The number of rotatable bonds is 17. The summed E-state index contributed by atoms with van der Waals surface area (Å²) in [5, 5.41) is 1.54. The molecule has 2 aromatic rings. The number of aryl methyl sites for hydroxylation is 2. The molecule has 0 atom stereocenters. The van der Waals surface area contributed by atoms with E-state index in [1.54, 1.807) is 6.07 Å². The van der Waals surface area contributed by atoms with Crippen LogP contribution < -0.4 is 29.6 Å². The summed E-state index contributed by atoms with van der Waals surface area (Å²) in [6, 6.07) is 9.68. The third-order valence-corrected chi connectivity index (χ3v) is 7.34. The van der Waals surface area contributed by atoms with E-state index in [0.29, 0.717) is 5.39 Å². The average molecular weight is 483 g/mol. The number of benzene rings is 2. The van der Waals surface area contributed by atoms with E-state index in [1.807, 2.05) is 18.2 Å². The smallest absolute Gasteiger partial charge is 0.744 e. The van der Waals surface area contributed by atoms with Crippen molar-refractivity contribution >= 4 is 20.9 Å². The Morgan fingerprint density at radius 1 is 0.697 bits per heavy atom. The molecule has 0 aliphatic rings. The molecule has 180 valence electrons. The van der Waals surface area contributed by atoms with Crippen molar-refractivity contribution in [2.45, 2.75) is 121 Å². The number of fused-ring (bicyclic) bond motifs is 1. The zero-order valence-corrected chi connectivity index (χ0v) is 24.1. The van der Waals surface area contributed by atoms with Gasteiger partial charge in [-0.3, -0.25) is 0 Å². The molecule has 0 aromatic heterocycles. The molecule has 3 nitrogen and oxygen atoms in total. The van der Waals surface area contributed by atoms with E-state index in [9.17, 15) is 13.0 Å². The Bertz CT molecular complexity index is 909. The summed E-state index contributed by atoms with van der Waals surface area (Å²) in [4.78, 5) is -0.0218. The van der Waals surface area contributed by atoms with Crippen LogP contribution in [-0.2, 0) is 23.0 Å². The Labute approximate surface area is 225 Å². The van der Waals surface area contributed by atoms with Gasteiger partial charge in [0.25, 0.3) is 0 Å². The third kappa shape index (κ3) is 11.3. The minimum atomic E-state index is -4.52. The molecule has 2 aromatic carbocycles. The largest absolute Gasteiger partial charge is 1.00 e. The second-order valence-corrected chi connectivity index (χ2v) is 10.7. The Morgan fingerprint density at radius 3 is 1.76 bits per heavy atom. The molecule has 0 aliphatic heterocycles. The van der Waals surface area contributed by atoms with Crippen molar-refractivity contribution in [3.63, 3.8) is 0 Å². The molecule has 0 fully saturated rings. The quantitative estimate of drug-likeness (QED) is 0.174. The van der Waals surface area contributed by atoms with Crippen molar-refractivity contribution in [2.75, 3.05) is 0 Å². The van der Waals surface area contributed by atoms with Gasteiger partial charge in [0.2, 0.25) is 0 Å². The predicted octanol–water partition coefficient (Wildman–Crippen LogP) is 5.33. The maximum Gasteiger partial charge on any atom is 1.00 e. The van der Waals surface area contributed by atoms with Crippen LogP contribution in [0, 0.1) is 0 Å². The van der Waals surface area contributed by atoms with E-state index >= 15 is 0 Å². The van der Waals surface area contributed by atoms with Gasteiger partial charge in [0.05, 0.1) is 4.90 Å². The monoisotopic (exact) mass is 482 g/mol. The van der Waals surface area contributed by atoms with Gasteiger partial charge >= 0.3 is 29.6 Å². The molecule has 0 saturated heterocycles. The summed E-state index contributed by atoms with van der Waals surface area (Å²) in [5.74, 6) is 0. The van der Waals surface area contributed by atoms with E-state index in [4.69, 9.17) is 0 Å². The number of unbranched alkanes of at least 4 members (excludes halogenated alkanes) is 12. The Kier molecular flexibility index (Phi) is 15.9. The summed E-state index contributed by atoms with van der Waals surface area (Å²) in [7, 11) is -4.52. The van der Waals surface area contributed by atoms with Crippen LogP contribution in [0.3, 0.4) is 0 Å². The van der Waals surface area contributed by atoms with Gasteiger partial charge in [0.1, 0.15) is 10.1 Å². The molecule has 0 unspecified atom stereocenters. The van der Waals surface area contributed by atoms with Gasteiger partial charge in [-0.15, -0.1) is 0 Å². The van der Waals surface area contributed by atoms with Crippen LogP contribution in [0.25, 0.3) is 10.8 Å². The SMILES string of the molecule is CCCCCCCCCc1cc(S(=O)(=O)[O-])c2c(CCCCCCCCC)cccc2c1.[Na+]. The van der Waals surface area contributed by atoms with Crippen molar-refractivity contribution in [3.8, 4) is 0 Å².